The zero-order valence-corrected chi connectivity index (χ0v) is 21.2. The number of aryl methyl sites for hydroxylation is 1. The van der Waals surface area contributed by atoms with E-state index in [1.54, 1.807) is 13.3 Å². The van der Waals surface area contributed by atoms with Crippen LogP contribution in [-0.4, -0.2) is 27.7 Å². The maximum atomic E-state index is 11.8. The molecular weight excluding hydrogens is 446 g/mol. The quantitative estimate of drug-likeness (QED) is 0.474. The third-order valence-electron chi connectivity index (χ3n) is 6.23. The van der Waals surface area contributed by atoms with Crippen LogP contribution in [0.2, 0.25) is 0 Å². The van der Waals surface area contributed by atoms with Crippen LogP contribution in [0.4, 0.5) is 11.4 Å². The molecule has 1 aliphatic heterocycles. The molecule has 0 saturated carbocycles. The van der Waals surface area contributed by atoms with E-state index in [0.717, 1.165) is 11.4 Å². The lowest BCUT2D eigenvalue weighted by atomic mass is 9.96. The second-order valence-corrected chi connectivity index (χ2v) is 9.24. The summed E-state index contributed by atoms with van der Waals surface area (Å²) in [4.78, 5) is 18.6. The summed E-state index contributed by atoms with van der Waals surface area (Å²) in [6, 6.07) is 14.0. The first kappa shape index (κ1) is 23.8. The molecule has 1 saturated heterocycles. The summed E-state index contributed by atoms with van der Waals surface area (Å²) >= 11 is 5.87. The van der Waals surface area contributed by atoms with Gasteiger partial charge in [-0.15, -0.1) is 0 Å². The number of nitrogens with zero attached hydrogens (tertiary/aromatic N) is 3. The Kier molecular flexibility index (Phi) is 6.61. The lowest BCUT2D eigenvalue weighted by molar-refractivity contribution is -0.114. The Morgan fingerprint density at radius 2 is 1.97 bits per heavy atom. The molecule has 0 aliphatic carbocycles. The number of anilines is 2. The number of thiocarbonyl (C=S) groups is 1. The number of amides is 1. The molecule has 0 radical (unpaired) electrons. The minimum atomic E-state index is -0.166. The van der Waals surface area contributed by atoms with E-state index < -0.39 is 0 Å². The Morgan fingerprint density at radius 3 is 2.56 bits per heavy atom. The van der Waals surface area contributed by atoms with E-state index in [-0.39, 0.29) is 18.0 Å². The topological polar surface area (TPSA) is 71.4 Å². The first-order valence-electron chi connectivity index (χ1n) is 11.4. The lowest BCUT2D eigenvalue weighted by Crippen LogP contribution is -2.29. The van der Waals surface area contributed by atoms with Crippen molar-refractivity contribution in [3.63, 3.8) is 0 Å². The standard InChI is InChI=1S/C26H31N5O2S/c1-15(2)30-16(3)13-20(17(30)4)25-24(21-9-7-8-12-27-21)29-26(34)31(25)19-10-11-23(33-6)22(14-19)28-18(5)32/h7-15,24-25H,1-6H3,(H,28,32)(H,29,34)/t24-,25+/m0/s1. The van der Waals surface area contributed by atoms with Crippen molar-refractivity contribution in [1.82, 2.24) is 14.9 Å². The van der Waals surface area contributed by atoms with E-state index in [2.05, 4.69) is 58.8 Å². The summed E-state index contributed by atoms with van der Waals surface area (Å²) < 4.78 is 7.81. The van der Waals surface area contributed by atoms with Crippen molar-refractivity contribution in [3.8, 4) is 5.75 Å². The number of hydrogen-bond acceptors (Lipinski definition) is 4. The highest BCUT2D eigenvalue weighted by molar-refractivity contribution is 7.80. The van der Waals surface area contributed by atoms with Crippen LogP contribution < -0.4 is 20.3 Å². The summed E-state index contributed by atoms with van der Waals surface area (Å²) in [5, 5.41) is 6.98. The largest absolute Gasteiger partial charge is 0.495 e. The highest BCUT2D eigenvalue weighted by atomic mass is 32.1. The highest BCUT2D eigenvalue weighted by Gasteiger charge is 2.42. The van der Waals surface area contributed by atoms with Crippen molar-refractivity contribution in [2.24, 2.45) is 0 Å². The van der Waals surface area contributed by atoms with Crippen LogP contribution >= 0.6 is 12.2 Å². The monoisotopic (exact) mass is 477 g/mol. The van der Waals surface area contributed by atoms with Crippen molar-refractivity contribution >= 4 is 34.6 Å². The number of benzene rings is 1. The number of aromatic nitrogens is 2. The predicted molar refractivity (Wildman–Crippen MR) is 140 cm³/mol. The van der Waals surface area contributed by atoms with Crippen molar-refractivity contribution in [2.75, 3.05) is 17.3 Å². The molecule has 8 heteroatoms. The third kappa shape index (κ3) is 4.25. The van der Waals surface area contributed by atoms with Gasteiger partial charge >= 0.3 is 0 Å². The minimum Gasteiger partial charge on any atom is -0.495 e. The Morgan fingerprint density at radius 1 is 1.21 bits per heavy atom. The van der Waals surface area contributed by atoms with E-state index in [1.165, 1.54) is 23.9 Å². The molecule has 1 aromatic carbocycles. The maximum absolute atomic E-state index is 11.8. The maximum Gasteiger partial charge on any atom is 0.221 e. The van der Waals surface area contributed by atoms with Crippen LogP contribution in [-0.2, 0) is 4.79 Å². The van der Waals surface area contributed by atoms with Gasteiger partial charge in [0.1, 0.15) is 5.75 Å². The Labute approximate surface area is 206 Å². The Hall–Kier alpha value is -3.39. The predicted octanol–water partition coefficient (Wildman–Crippen LogP) is 5.22. The van der Waals surface area contributed by atoms with Gasteiger partial charge in [-0.25, -0.2) is 0 Å². The molecule has 34 heavy (non-hydrogen) atoms. The van der Waals surface area contributed by atoms with E-state index in [9.17, 15) is 4.79 Å². The van der Waals surface area contributed by atoms with Gasteiger partial charge in [-0.05, 0) is 81.9 Å². The molecule has 0 unspecified atom stereocenters. The van der Waals surface area contributed by atoms with Gasteiger partial charge in [0.2, 0.25) is 5.91 Å². The molecule has 0 spiro atoms. The van der Waals surface area contributed by atoms with E-state index in [0.29, 0.717) is 22.6 Å². The number of methoxy groups -OCH3 is 1. The van der Waals surface area contributed by atoms with Gasteiger partial charge in [0.05, 0.1) is 30.6 Å². The number of ether oxygens (including phenoxy) is 1. The average Bonchev–Trinajstić information content (AvgIpc) is 3.29. The first-order valence-corrected chi connectivity index (χ1v) is 11.8. The van der Waals surface area contributed by atoms with Crippen LogP contribution in [0.3, 0.4) is 0 Å². The molecular formula is C26H31N5O2S. The second kappa shape index (κ2) is 9.46. The molecule has 4 rings (SSSR count). The summed E-state index contributed by atoms with van der Waals surface area (Å²) in [6.07, 6.45) is 1.81. The van der Waals surface area contributed by atoms with Crippen LogP contribution in [0.15, 0.2) is 48.7 Å². The molecule has 3 aromatic rings. The average molecular weight is 478 g/mol. The van der Waals surface area contributed by atoms with Crippen LogP contribution in [0.25, 0.3) is 0 Å². The molecule has 3 heterocycles. The fraction of sp³-hybridized carbons (Fsp3) is 0.346. The molecule has 2 N–H and O–H groups in total. The zero-order valence-electron chi connectivity index (χ0n) is 20.4. The molecule has 1 aliphatic rings. The van der Waals surface area contributed by atoms with Gasteiger partial charge in [-0.1, -0.05) is 6.07 Å². The van der Waals surface area contributed by atoms with Crippen molar-refractivity contribution in [3.05, 3.63) is 71.3 Å². The van der Waals surface area contributed by atoms with Crippen molar-refractivity contribution < 1.29 is 9.53 Å². The number of hydrogen-bond donors (Lipinski definition) is 2. The SMILES string of the molecule is COc1ccc(N2C(=S)N[C@@H](c3ccccn3)[C@H]2c2cc(C)n(C(C)C)c2C)cc1NC(C)=O. The number of pyridine rings is 1. The number of carbonyl (C=O) groups is 1. The van der Waals surface area contributed by atoms with Gasteiger partial charge < -0.3 is 24.8 Å². The Balaban J connectivity index is 1.89. The Bertz CT molecular complexity index is 1220. The zero-order chi connectivity index (χ0) is 24.6. The summed E-state index contributed by atoms with van der Waals surface area (Å²) in [5.41, 5.74) is 5.97. The summed E-state index contributed by atoms with van der Waals surface area (Å²) in [5.74, 6) is 0.425. The van der Waals surface area contributed by atoms with Gasteiger partial charge in [0, 0.05) is 36.2 Å². The van der Waals surface area contributed by atoms with Gasteiger partial charge in [0.25, 0.3) is 0 Å². The molecule has 2 aromatic heterocycles. The number of carbonyl (C=O) groups excluding carboxylic acids is 1. The normalized spacial score (nSPS) is 17.7. The smallest absolute Gasteiger partial charge is 0.221 e. The minimum absolute atomic E-state index is 0.125. The summed E-state index contributed by atoms with van der Waals surface area (Å²) in [7, 11) is 1.59. The van der Waals surface area contributed by atoms with Crippen LogP contribution in [0.1, 0.15) is 61.5 Å². The van der Waals surface area contributed by atoms with Crippen LogP contribution in [0.5, 0.6) is 5.75 Å². The van der Waals surface area contributed by atoms with Gasteiger partial charge in [0.15, 0.2) is 5.11 Å². The highest BCUT2D eigenvalue weighted by Crippen LogP contribution is 2.45. The summed E-state index contributed by atoms with van der Waals surface area (Å²) in [6.45, 7) is 10.2. The van der Waals surface area contributed by atoms with Gasteiger partial charge in [-0.3, -0.25) is 9.78 Å². The fourth-order valence-corrected chi connectivity index (χ4v) is 5.32. The molecule has 178 valence electrons. The number of rotatable bonds is 6. The number of nitrogens with one attached hydrogen (secondary N) is 2. The second-order valence-electron chi connectivity index (χ2n) is 8.85. The molecule has 1 amide bonds. The van der Waals surface area contributed by atoms with Crippen LogP contribution in [0, 0.1) is 13.8 Å². The molecule has 2 atom stereocenters. The third-order valence-corrected chi connectivity index (χ3v) is 6.54. The van der Waals surface area contributed by atoms with Crippen molar-refractivity contribution in [2.45, 2.75) is 52.7 Å². The molecule has 0 bridgehead atoms. The molecule has 1 fully saturated rings. The fourth-order valence-electron chi connectivity index (χ4n) is 4.98. The van der Waals surface area contributed by atoms with Gasteiger partial charge in [-0.2, -0.15) is 0 Å². The molecule has 7 nitrogen and oxygen atoms in total. The van der Waals surface area contributed by atoms with Crippen molar-refractivity contribution in [1.29, 1.82) is 0 Å². The van der Waals surface area contributed by atoms with E-state index in [4.69, 9.17) is 17.0 Å². The lowest BCUT2D eigenvalue weighted by Gasteiger charge is -2.29. The van der Waals surface area contributed by atoms with E-state index in [1.807, 2.05) is 36.4 Å². The van der Waals surface area contributed by atoms with E-state index >= 15 is 0 Å². The first-order chi connectivity index (χ1) is 16.2.